The van der Waals surface area contributed by atoms with Gasteiger partial charge in [0.2, 0.25) is 0 Å². The molecule has 0 heterocycles. The molecule has 0 saturated heterocycles. The summed E-state index contributed by atoms with van der Waals surface area (Å²) < 4.78 is 5.44. The molecule has 0 saturated carbocycles. The van der Waals surface area contributed by atoms with Gasteiger partial charge >= 0.3 is 0 Å². The molecular weight excluding hydrogens is 166 g/mol. The second-order valence-corrected chi connectivity index (χ2v) is 3.51. The summed E-state index contributed by atoms with van der Waals surface area (Å²) in [5.74, 6) is 0. The van der Waals surface area contributed by atoms with Gasteiger partial charge in [0.25, 0.3) is 0 Å². The summed E-state index contributed by atoms with van der Waals surface area (Å²) in [6.45, 7) is 5.21. The molecule has 4 nitrogen and oxygen atoms in total. The molecule has 0 aromatic rings. The fraction of sp³-hybridized carbons (Fsp3) is 1.00. The van der Waals surface area contributed by atoms with Crippen LogP contribution in [-0.2, 0) is 4.74 Å². The maximum atomic E-state index is 5.44. The van der Waals surface area contributed by atoms with Crippen molar-refractivity contribution in [3.05, 3.63) is 0 Å². The van der Waals surface area contributed by atoms with Gasteiger partial charge in [-0.25, -0.2) is 0 Å². The first-order valence-corrected chi connectivity index (χ1v) is 4.78. The Morgan fingerprint density at radius 1 is 1.00 bits per heavy atom. The van der Waals surface area contributed by atoms with E-state index in [2.05, 4.69) is 16.8 Å². The lowest BCUT2D eigenvalue weighted by Crippen LogP contribution is -2.29. The zero-order valence-electron chi connectivity index (χ0n) is 9.12. The van der Waals surface area contributed by atoms with Crippen molar-refractivity contribution in [3.8, 4) is 0 Å². The van der Waals surface area contributed by atoms with Crippen molar-refractivity contribution in [3.63, 3.8) is 0 Å². The Hall–Kier alpha value is -0.160. The van der Waals surface area contributed by atoms with Crippen molar-refractivity contribution in [2.75, 3.05) is 60.5 Å². The summed E-state index contributed by atoms with van der Waals surface area (Å²) in [7, 11) is 6.15. The highest BCUT2D eigenvalue weighted by atomic mass is 16.5. The Morgan fingerprint density at radius 2 is 1.62 bits per heavy atom. The third kappa shape index (κ3) is 9.76. The van der Waals surface area contributed by atoms with Crippen LogP contribution in [0.2, 0.25) is 0 Å². The van der Waals surface area contributed by atoms with Crippen molar-refractivity contribution in [1.29, 1.82) is 0 Å². The SMILES string of the molecule is CN(C)CCOCCN(C)CCN. The van der Waals surface area contributed by atoms with Crippen LogP contribution in [0.25, 0.3) is 0 Å². The lowest BCUT2D eigenvalue weighted by atomic mass is 10.5. The zero-order chi connectivity index (χ0) is 10.1. The van der Waals surface area contributed by atoms with E-state index in [1.165, 1.54) is 0 Å². The van der Waals surface area contributed by atoms with Gasteiger partial charge in [-0.1, -0.05) is 0 Å². The van der Waals surface area contributed by atoms with Gasteiger partial charge in [-0.15, -0.1) is 0 Å². The molecule has 0 aromatic heterocycles. The Bertz CT molecular complexity index is 109. The van der Waals surface area contributed by atoms with Gasteiger partial charge in [-0.3, -0.25) is 0 Å². The van der Waals surface area contributed by atoms with Gasteiger partial charge in [0.1, 0.15) is 0 Å². The predicted octanol–water partition coefficient (Wildman–Crippen LogP) is -0.545. The van der Waals surface area contributed by atoms with Gasteiger partial charge in [-0.2, -0.15) is 0 Å². The van der Waals surface area contributed by atoms with Crippen LogP contribution in [0.15, 0.2) is 0 Å². The summed E-state index contributed by atoms with van der Waals surface area (Å²) in [4.78, 5) is 4.29. The van der Waals surface area contributed by atoms with Crippen LogP contribution in [0, 0.1) is 0 Å². The summed E-state index contributed by atoms with van der Waals surface area (Å²) >= 11 is 0. The molecule has 0 aliphatic rings. The van der Waals surface area contributed by atoms with Crippen LogP contribution in [0.1, 0.15) is 0 Å². The summed E-state index contributed by atoms with van der Waals surface area (Å²) in [5.41, 5.74) is 5.41. The number of nitrogens with zero attached hydrogens (tertiary/aromatic N) is 2. The van der Waals surface area contributed by atoms with E-state index in [1.807, 2.05) is 14.1 Å². The van der Waals surface area contributed by atoms with Crippen molar-refractivity contribution in [1.82, 2.24) is 9.80 Å². The molecule has 4 heteroatoms. The molecule has 0 rings (SSSR count). The van der Waals surface area contributed by atoms with E-state index in [9.17, 15) is 0 Å². The molecule has 0 aliphatic heterocycles. The molecule has 0 spiro atoms. The average Bonchev–Trinajstić information content (AvgIpc) is 2.03. The molecule has 0 unspecified atom stereocenters. The highest BCUT2D eigenvalue weighted by molar-refractivity contribution is 4.50. The minimum absolute atomic E-state index is 0.716. The first-order chi connectivity index (χ1) is 6.16. The Kier molecular flexibility index (Phi) is 8.33. The fourth-order valence-corrected chi connectivity index (χ4v) is 0.902. The van der Waals surface area contributed by atoms with Crippen LogP contribution in [-0.4, -0.2) is 70.3 Å². The van der Waals surface area contributed by atoms with E-state index in [0.29, 0.717) is 6.54 Å². The molecular formula is C9H23N3O. The smallest absolute Gasteiger partial charge is 0.0593 e. The number of rotatable bonds is 8. The molecule has 0 fully saturated rings. The normalized spacial score (nSPS) is 11.5. The number of ether oxygens (including phenoxy) is 1. The van der Waals surface area contributed by atoms with E-state index in [-0.39, 0.29) is 0 Å². The largest absolute Gasteiger partial charge is 0.379 e. The number of likely N-dealkylation sites (N-methyl/N-ethyl adjacent to an activating group) is 2. The van der Waals surface area contributed by atoms with Crippen molar-refractivity contribution in [2.24, 2.45) is 5.73 Å². The molecule has 13 heavy (non-hydrogen) atoms. The molecule has 0 atom stereocenters. The van der Waals surface area contributed by atoms with Crippen molar-refractivity contribution in [2.45, 2.75) is 0 Å². The molecule has 0 aliphatic carbocycles. The standard InChI is InChI=1S/C9H23N3O/c1-11(2)6-8-13-9-7-12(3)5-4-10/h4-10H2,1-3H3. The van der Waals surface area contributed by atoms with Gasteiger partial charge in [0.05, 0.1) is 13.2 Å². The lowest BCUT2D eigenvalue weighted by molar-refractivity contribution is 0.0995. The molecule has 80 valence electrons. The Labute approximate surface area is 81.6 Å². The third-order valence-corrected chi connectivity index (χ3v) is 1.81. The van der Waals surface area contributed by atoms with Crippen LogP contribution in [0.5, 0.6) is 0 Å². The Morgan fingerprint density at radius 3 is 2.15 bits per heavy atom. The van der Waals surface area contributed by atoms with Crippen molar-refractivity contribution >= 4 is 0 Å². The van der Waals surface area contributed by atoms with E-state index in [0.717, 1.165) is 32.8 Å². The molecule has 0 radical (unpaired) electrons. The second-order valence-electron chi connectivity index (χ2n) is 3.51. The second kappa shape index (κ2) is 8.44. The number of hydrogen-bond donors (Lipinski definition) is 1. The summed E-state index contributed by atoms with van der Waals surface area (Å²) in [5, 5.41) is 0. The predicted molar refractivity (Wildman–Crippen MR) is 55.9 cm³/mol. The first-order valence-electron chi connectivity index (χ1n) is 4.78. The van der Waals surface area contributed by atoms with Crippen LogP contribution >= 0.6 is 0 Å². The van der Waals surface area contributed by atoms with Crippen molar-refractivity contribution < 1.29 is 4.74 Å². The fourth-order valence-electron chi connectivity index (χ4n) is 0.902. The zero-order valence-corrected chi connectivity index (χ0v) is 9.12. The maximum absolute atomic E-state index is 5.44. The molecule has 0 bridgehead atoms. The van der Waals surface area contributed by atoms with E-state index in [1.54, 1.807) is 0 Å². The average molecular weight is 189 g/mol. The quantitative estimate of drug-likeness (QED) is 0.521. The van der Waals surface area contributed by atoms with Gasteiger partial charge < -0.3 is 20.3 Å². The topological polar surface area (TPSA) is 41.7 Å². The third-order valence-electron chi connectivity index (χ3n) is 1.81. The minimum atomic E-state index is 0.716. The molecule has 0 amide bonds. The first kappa shape index (κ1) is 12.8. The van der Waals surface area contributed by atoms with Crippen LogP contribution in [0.3, 0.4) is 0 Å². The number of hydrogen-bond acceptors (Lipinski definition) is 4. The number of nitrogens with two attached hydrogens (primary N) is 1. The minimum Gasteiger partial charge on any atom is -0.379 e. The van der Waals surface area contributed by atoms with Crippen LogP contribution in [0.4, 0.5) is 0 Å². The molecule has 2 N–H and O–H groups in total. The van der Waals surface area contributed by atoms with Gasteiger partial charge in [-0.05, 0) is 21.1 Å². The van der Waals surface area contributed by atoms with Crippen LogP contribution < -0.4 is 5.73 Å². The highest BCUT2D eigenvalue weighted by Gasteiger charge is 1.96. The van der Waals surface area contributed by atoms with E-state index in [4.69, 9.17) is 10.5 Å². The van der Waals surface area contributed by atoms with E-state index >= 15 is 0 Å². The summed E-state index contributed by atoms with van der Waals surface area (Å²) in [6.07, 6.45) is 0. The molecule has 0 aromatic carbocycles. The summed E-state index contributed by atoms with van der Waals surface area (Å²) in [6, 6.07) is 0. The lowest BCUT2D eigenvalue weighted by Gasteiger charge is -2.15. The monoisotopic (exact) mass is 189 g/mol. The van der Waals surface area contributed by atoms with Gasteiger partial charge in [0, 0.05) is 26.2 Å². The van der Waals surface area contributed by atoms with E-state index < -0.39 is 0 Å². The maximum Gasteiger partial charge on any atom is 0.0593 e. The highest BCUT2D eigenvalue weighted by Crippen LogP contribution is 1.83. The Balaban J connectivity index is 3.06. The van der Waals surface area contributed by atoms with Gasteiger partial charge in [0.15, 0.2) is 0 Å².